The van der Waals surface area contributed by atoms with E-state index < -0.39 is 5.97 Å². The molecule has 0 saturated carbocycles. The van der Waals surface area contributed by atoms with Crippen LogP contribution >= 0.6 is 0 Å². The summed E-state index contributed by atoms with van der Waals surface area (Å²) in [7, 11) is 1.61. The van der Waals surface area contributed by atoms with E-state index >= 15 is 0 Å². The molecule has 1 N–H and O–H groups in total. The predicted molar refractivity (Wildman–Crippen MR) is 84.0 cm³/mol. The van der Waals surface area contributed by atoms with Crippen molar-refractivity contribution in [3.63, 3.8) is 0 Å². The fraction of sp³-hybridized carbons (Fsp3) is 0.294. The van der Waals surface area contributed by atoms with Crippen molar-refractivity contribution in [1.82, 2.24) is 4.57 Å². The molecule has 0 atom stereocenters. The number of rotatable bonds is 7. The Morgan fingerprint density at radius 2 is 1.91 bits per heavy atom. The lowest BCUT2D eigenvalue weighted by Gasteiger charge is -2.14. The smallest absolute Gasteiger partial charge is 0.308 e. The van der Waals surface area contributed by atoms with E-state index in [1.54, 1.807) is 17.7 Å². The summed E-state index contributed by atoms with van der Waals surface area (Å²) in [6, 6.07) is 13.0. The maximum absolute atomic E-state index is 12.6. The highest BCUT2D eigenvalue weighted by Crippen LogP contribution is 2.18. The molecule has 0 spiro atoms. The van der Waals surface area contributed by atoms with Crippen LogP contribution in [0.1, 0.15) is 12.0 Å². The number of ether oxygens (including phenoxy) is 1. The van der Waals surface area contributed by atoms with Gasteiger partial charge in [-0.15, -0.1) is 0 Å². The van der Waals surface area contributed by atoms with Gasteiger partial charge in [0, 0.05) is 25.8 Å². The molecule has 22 heavy (non-hydrogen) atoms. The number of hydrogen-bond acceptors (Lipinski definition) is 3. The Morgan fingerprint density at radius 1 is 1.18 bits per heavy atom. The molecular weight excluding hydrogens is 282 g/mol. The number of methoxy groups -OCH3 is 1. The second-order valence-corrected chi connectivity index (χ2v) is 4.98. The molecule has 2 aromatic rings. The molecule has 0 aliphatic rings. The molecule has 0 radical (unpaired) electrons. The van der Waals surface area contributed by atoms with Gasteiger partial charge in [-0.05, 0) is 18.1 Å². The zero-order valence-electron chi connectivity index (χ0n) is 12.5. The highest BCUT2D eigenvalue weighted by Gasteiger charge is 2.12. The quantitative estimate of drug-likeness (QED) is 0.796. The van der Waals surface area contributed by atoms with Crippen molar-refractivity contribution in [3.8, 4) is 11.3 Å². The second kappa shape index (κ2) is 7.56. The van der Waals surface area contributed by atoms with E-state index in [-0.39, 0.29) is 12.0 Å². The lowest BCUT2D eigenvalue weighted by atomic mass is 10.1. The summed E-state index contributed by atoms with van der Waals surface area (Å²) in [5.41, 5.74) is 1.76. The SMILES string of the molecule is COCCCn1c(-c2ccccc2)ccc(CC(=O)O)c1=O. The van der Waals surface area contributed by atoms with Gasteiger partial charge in [0.2, 0.25) is 0 Å². The zero-order valence-corrected chi connectivity index (χ0v) is 12.5. The molecule has 5 nitrogen and oxygen atoms in total. The van der Waals surface area contributed by atoms with Crippen LogP contribution in [0.25, 0.3) is 11.3 Å². The van der Waals surface area contributed by atoms with Crippen LogP contribution in [-0.2, 0) is 22.5 Å². The van der Waals surface area contributed by atoms with Crippen LogP contribution in [0.3, 0.4) is 0 Å². The second-order valence-electron chi connectivity index (χ2n) is 4.98. The summed E-state index contributed by atoms with van der Waals surface area (Å²) in [6.45, 7) is 1.04. The van der Waals surface area contributed by atoms with Crippen molar-refractivity contribution in [2.45, 2.75) is 19.4 Å². The summed E-state index contributed by atoms with van der Waals surface area (Å²) in [5.74, 6) is -1.01. The maximum Gasteiger partial charge on any atom is 0.308 e. The Hall–Kier alpha value is -2.40. The third-order valence-electron chi connectivity index (χ3n) is 3.39. The van der Waals surface area contributed by atoms with E-state index in [1.165, 1.54) is 0 Å². The molecule has 5 heteroatoms. The first-order chi connectivity index (χ1) is 10.6. The third-order valence-corrected chi connectivity index (χ3v) is 3.39. The average Bonchev–Trinajstić information content (AvgIpc) is 2.51. The molecule has 2 rings (SSSR count). The maximum atomic E-state index is 12.6. The van der Waals surface area contributed by atoms with E-state index in [0.717, 1.165) is 11.3 Å². The Kier molecular flexibility index (Phi) is 5.49. The van der Waals surface area contributed by atoms with Crippen molar-refractivity contribution in [3.05, 3.63) is 58.4 Å². The first kappa shape index (κ1) is 16.0. The molecule has 0 aliphatic carbocycles. The lowest BCUT2D eigenvalue weighted by molar-refractivity contribution is -0.136. The van der Waals surface area contributed by atoms with Gasteiger partial charge in [-0.1, -0.05) is 36.4 Å². The minimum absolute atomic E-state index is 0.250. The van der Waals surface area contributed by atoms with Crippen LogP contribution in [0.5, 0.6) is 0 Å². The summed E-state index contributed by atoms with van der Waals surface area (Å²) in [6.07, 6.45) is 0.422. The van der Waals surface area contributed by atoms with Gasteiger partial charge in [-0.2, -0.15) is 0 Å². The van der Waals surface area contributed by atoms with Gasteiger partial charge in [-0.25, -0.2) is 0 Å². The number of carboxylic acids is 1. The number of carboxylic acid groups (broad SMARTS) is 1. The Bertz CT molecular complexity index is 692. The topological polar surface area (TPSA) is 68.5 Å². The number of aromatic nitrogens is 1. The summed E-state index contributed by atoms with van der Waals surface area (Å²) in [4.78, 5) is 23.4. The molecule has 0 bridgehead atoms. The van der Waals surface area contributed by atoms with E-state index in [1.807, 2.05) is 36.4 Å². The van der Waals surface area contributed by atoms with Crippen LogP contribution in [0.4, 0.5) is 0 Å². The monoisotopic (exact) mass is 301 g/mol. The van der Waals surface area contributed by atoms with Crippen molar-refractivity contribution in [1.29, 1.82) is 0 Å². The van der Waals surface area contributed by atoms with Gasteiger partial charge in [0.15, 0.2) is 0 Å². The summed E-state index contributed by atoms with van der Waals surface area (Å²) in [5, 5.41) is 8.91. The zero-order chi connectivity index (χ0) is 15.9. The van der Waals surface area contributed by atoms with E-state index in [2.05, 4.69) is 0 Å². The molecular formula is C17H19NO4. The van der Waals surface area contributed by atoms with Gasteiger partial charge >= 0.3 is 5.97 Å². The normalized spacial score (nSPS) is 10.6. The standard InChI is InChI=1S/C17H19NO4/c1-22-11-5-10-18-15(13-6-3-2-4-7-13)9-8-14(17(18)21)12-16(19)20/h2-4,6-9H,5,10-12H2,1H3,(H,19,20). The summed E-state index contributed by atoms with van der Waals surface area (Å²) >= 11 is 0. The number of hydrogen-bond donors (Lipinski definition) is 1. The first-order valence-corrected chi connectivity index (χ1v) is 7.12. The largest absolute Gasteiger partial charge is 0.481 e. The first-order valence-electron chi connectivity index (χ1n) is 7.12. The number of pyridine rings is 1. The molecule has 0 unspecified atom stereocenters. The van der Waals surface area contributed by atoms with Gasteiger partial charge in [0.05, 0.1) is 12.1 Å². The molecule has 116 valence electrons. The number of benzene rings is 1. The molecule has 1 aromatic heterocycles. The fourth-order valence-electron chi connectivity index (χ4n) is 2.37. The van der Waals surface area contributed by atoms with Crippen molar-refractivity contribution in [2.75, 3.05) is 13.7 Å². The van der Waals surface area contributed by atoms with Gasteiger partial charge < -0.3 is 14.4 Å². The van der Waals surface area contributed by atoms with E-state index in [9.17, 15) is 9.59 Å². The van der Waals surface area contributed by atoms with Crippen LogP contribution in [0.15, 0.2) is 47.3 Å². The Balaban J connectivity index is 2.46. The van der Waals surface area contributed by atoms with E-state index in [4.69, 9.17) is 9.84 Å². The summed E-state index contributed by atoms with van der Waals surface area (Å²) < 4.78 is 6.67. The molecule has 0 aliphatic heterocycles. The molecule has 0 fully saturated rings. The minimum atomic E-state index is -1.01. The van der Waals surface area contributed by atoms with Crippen molar-refractivity contribution in [2.24, 2.45) is 0 Å². The lowest BCUT2D eigenvalue weighted by Crippen LogP contribution is -2.27. The van der Waals surface area contributed by atoms with Gasteiger partial charge in [-0.3, -0.25) is 9.59 Å². The Labute approximate surface area is 128 Å². The fourth-order valence-corrected chi connectivity index (χ4v) is 2.37. The highest BCUT2D eigenvalue weighted by molar-refractivity contribution is 5.70. The molecule has 0 saturated heterocycles. The van der Waals surface area contributed by atoms with Crippen LogP contribution < -0.4 is 5.56 Å². The highest BCUT2D eigenvalue weighted by atomic mass is 16.5. The van der Waals surface area contributed by atoms with Crippen LogP contribution in [0.2, 0.25) is 0 Å². The predicted octanol–water partition coefficient (Wildman–Crippen LogP) is 2.18. The third kappa shape index (κ3) is 3.83. The number of carbonyl (C=O) groups is 1. The van der Waals surface area contributed by atoms with Crippen LogP contribution in [-0.4, -0.2) is 29.4 Å². The minimum Gasteiger partial charge on any atom is -0.481 e. The molecule has 0 amide bonds. The van der Waals surface area contributed by atoms with Gasteiger partial charge in [0.25, 0.3) is 5.56 Å². The molecule has 1 aromatic carbocycles. The molecule has 1 heterocycles. The van der Waals surface area contributed by atoms with Crippen molar-refractivity contribution >= 4 is 5.97 Å². The average molecular weight is 301 g/mol. The van der Waals surface area contributed by atoms with Crippen molar-refractivity contribution < 1.29 is 14.6 Å². The Morgan fingerprint density at radius 3 is 2.55 bits per heavy atom. The number of nitrogens with zero attached hydrogens (tertiary/aromatic N) is 1. The number of aliphatic carboxylic acids is 1. The van der Waals surface area contributed by atoms with E-state index in [0.29, 0.717) is 25.1 Å². The van der Waals surface area contributed by atoms with Crippen LogP contribution in [0, 0.1) is 0 Å². The van der Waals surface area contributed by atoms with Gasteiger partial charge in [0.1, 0.15) is 0 Å².